The number of rotatable bonds is 8. The predicted molar refractivity (Wildman–Crippen MR) is 158 cm³/mol. The number of carbonyl (C=O) groups excluding carboxylic acids is 2. The number of aliphatic hydroxyl groups is 1. The number of carbonyl (C=O) groups is 2. The zero-order valence-electron chi connectivity index (χ0n) is 23.6. The second-order valence-electron chi connectivity index (χ2n) is 10.4. The van der Waals surface area contributed by atoms with E-state index in [0.29, 0.717) is 5.69 Å². The molecule has 0 saturated carbocycles. The van der Waals surface area contributed by atoms with Gasteiger partial charge in [0.2, 0.25) is 0 Å². The molecule has 41 heavy (non-hydrogen) atoms. The van der Waals surface area contributed by atoms with Crippen LogP contribution in [0.25, 0.3) is 0 Å². The smallest absolute Gasteiger partial charge is 0.321 e. The van der Waals surface area contributed by atoms with Crippen molar-refractivity contribution in [1.29, 1.82) is 0 Å². The molecule has 3 aromatic rings. The number of hydrogen-bond donors (Lipinski definition) is 3. The van der Waals surface area contributed by atoms with Crippen molar-refractivity contribution in [3.05, 3.63) is 83.9 Å². The van der Waals surface area contributed by atoms with Crippen LogP contribution in [0.3, 0.4) is 0 Å². The zero-order chi connectivity index (χ0) is 29.7. The molecule has 0 bridgehead atoms. The molecule has 0 spiro atoms. The van der Waals surface area contributed by atoms with Gasteiger partial charge < -0.3 is 25.0 Å². The van der Waals surface area contributed by atoms with E-state index in [2.05, 4.69) is 10.0 Å². The Morgan fingerprint density at radius 1 is 1.10 bits per heavy atom. The van der Waals surface area contributed by atoms with Crippen LogP contribution in [0.4, 0.5) is 16.2 Å². The molecule has 3 N–H and O–H groups in total. The van der Waals surface area contributed by atoms with Crippen molar-refractivity contribution in [2.24, 2.45) is 5.92 Å². The highest BCUT2D eigenvalue weighted by molar-refractivity contribution is 7.92. The molecule has 0 aliphatic carbocycles. The van der Waals surface area contributed by atoms with E-state index in [9.17, 15) is 23.1 Å². The normalized spacial score (nSPS) is 17.9. The van der Waals surface area contributed by atoms with Crippen molar-refractivity contribution in [3.8, 4) is 5.75 Å². The zero-order valence-corrected chi connectivity index (χ0v) is 24.4. The lowest BCUT2D eigenvalue weighted by Gasteiger charge is -2.38. The number of fused-ring (bicyclic) bond motifs is 1. The van der Waals surface area contributed by atoms with Gasteiger partial charge in [-0.15, -0.1) is 0 Å². The molecule has 0 radical (unpaired) electrons. The summed E-state index contributed by atoms with van der Waals surface area (Å²) < 4.78 is 34.9. The molecule has 1 heterocycles. The highest BCUT2D eigenvalue weighted by atomic mass is 32.2. The minimum absolute atomic E-state index is 0.0960. The largest absolute Gasteiger partial charge is 0.487 e. The molecule has 3 aromatic carbocycles. The number of para-hydroxylation sites is 1. The summed E-state index contributed by atoms with van der Waals surface area (Å²) in [5, 5.41) is 12.8. The highest BCUT2D eigenvalue weighted by Gasteiger charge is 2.34. The standard InChI is InChI=1S/C30H36N4O6S/c1-20-10-13-25(14-11-20)41(38,39)32-24-12-15-27-26(16-24)29(36)34(22(3)19-35)17-21(2)28(40-27)18-33(4)30(37)31-23-8-6-5-7-9-23/h5-16,21-22,28,32,35H,17-19H2,1-4H3,(H,31,37)/t21-,22-,28+/m1/s1. The molecule has 4 rings (SSSR count). The van der Waals surface area contributed by atoms with Crippen molar-refractivity contribution in [2.75, 3.05) is 36.8 Å². The highest BCUT2D eigenvalue weighted by Crippen LogP contribution is 2.31. The maximum atomic E-state index is 13.7. The Bertz CT molecular complexity index is 1480. The third-order valence-corrected chi connectivity index (χ3v) is 8.47. The van der Waals surface area contributed by atoms with Gasteiger partial charge >= 0.3 is 6.03 Å². The number of nitrogens with zero attached hydrogens (tertiary/aromatic N) is 2. The van der Waals surface area contributed by atoms with E-state index >= 15 is 0 Å². The molecule has 10 nitrogen and oxygen atoms in total. The molecule has 11 heteroatoms. The van der Waals surface area contributed by atoms with Crippen LogP contribution in [0.2, 0.25) is 0 Å². The number of likely N-dealkylation sites (N-methyl/N-ethyl adjacent to an activating group) is 1. The van der Waals surface area contributed by atoms with Crippen LogP contribution in [0.15, 0.2) is 77.7 Å². The summed E-state index contributed by atoms with van der Waals surface area (Å²) in [4.78, 5) is 29.7. The van der Waals surface area contributed by atoms with Gasteiger partial charge in [-0.2, -0.15) is 0 Å². The lowest BCUT2D eigenvalue weighted by Crippen LogP contribution is -2.50. The maximum Gasteiger partial charge on any atom is 0.321 e. The lowest BCUT2D eigenvalue weighted by molar-refractivity contribution is 0.0371. The molecule has 1 aliphatic rings. The number of anilines is 2. The summed E-state index contributed by atoms with van der Waals surface area (Å²) in [5.41, 5.74) is 1.94. The lowest BCUT2D eigenvalue weighted by atomic mass is 9.99. The topological polar surface area (TPSA) is 128 Å². The number of nitrogens with one attached hydrogen (secondary N) is 2. The molecule has 218 valence electrons. The summed E-state index contributed by atoms with van der Waals surface area (Å²) in [6.07, 6.45) is -0.503. The van der Waals surface area contributed by atoms with Gasteiger partial charge in [-0.1, -0.05) is 42.8 Å². The van der Waals surface area contributed by atoms with Crippen molar-refractivity contribution >= 4 is 33.3 Å². The molecule has 3 atom stereocenters. The van der Waals surface area contributed by atoms with E-state index in [0.717, 1.165) is 5.56 Å². The number of aliphatic hydroxyl groups excluding tert-OH is 1. The van der Waals surface area contributed by atoms with E-state index in [1.54, 1.807) is 49.2 Å². The van der Waals surface area contributed by atoms with Gasteiger partial charge in [-0.3, -0.25) is 9.52 Å². The summed E-state index contributed by atoms with van der Waals surface area (Å²) in [7, 11) is -2.24. The molecule has 0 aromatic heterocycles. The van der Waals surface area contributed by atoms with Crippen LogP contribution in [0.5, 0.6) is 5.75 Å². The minimum atomic E-state index is -3.90. The molecule has 3 amide bonds. The average Bonchev–Trinajstić information content (AvgIpc) is 2.95. The number of urea groups is 1. The van der Waals surface area contributed by atoms with E-state index < -0.39 is 28.1 Å². The fourth-order valence-corrected chi connectivity index (χ4v) is 5.58. The Balaban J connectivity index is 1.62. The number of sulfonamides is 1. The SMILES string of the molecule is Cc1ccc(S(=O)(=O)Nc2ccc3c(c2)C(=O)N([C@H](C)CO)C[C@@H](C)[C@H](CN(C)C(=O)Nc2ccccc2)O3)cc1. The van der Waals surface area contributed by atoms with Gasteiger partial charge in [-0.05, 0) is 56.3 Å². The molecular formula is C30H36N4O6S. The molecule has 0 unspecified atom stereocenters. The van der Waals surface area contributed by atoms with Crippen LogP contribution in [-0.4, -0.2) is 74.2 Å². The second kappa shape index (κ2) is 12.6. The first-order valence-electron chi connectivity index (χ1n) is 13.4. The Morgan fingerprint density at radius 2 is 1.78 bits per heavy atom. The molecule has 1 aliphatic heterocycles. The Morgan fingerprint density at radius 3 is 2.44 bits per heavy atom. The summed E-state index contributed by atoms with van der Waals surface area (Å²) >= 11 is 0. The summed E-state index contributed by atoms with van der Waals surface area (Å²) in [6, 6.07) is 19.3. The molecule has 0 fully saturated rings. The van der Waals surface area contributed by atoms with E-state index in [-0.39, 0.29) is 53.5 Å². The number of hydrogen-bond acceptors (Lipinski definition) is 6. The maximum absolute atomic E-state index is 13.7. The first-order valence-corrected chi connectivity index (χ1v) is 14.9. The van der Waals surface area contributed by atoms with Gasteiger partial charge in [0.05, 0.1) is 29.7 Å². The Labute approximate surface area is 241 Å². The second-order valence-corrected chi connectivity index (χ2v) is 12.1. The van der Waals surface area contributed by atoms with Gasteiger partial charge in [0.1, 0.15) is 11.9 Å². The van der Waals surface area contributed by atoms with Crippen LogP contribution in [0.1, 0.15) is 29.8 Å². The van der Waals surface area contributed by atoms with Gasteiger partial charge in [-0.25, -0.2) is 13.2 Å². The van der Waals surface area contributed by atoms with Crippen molar-refractivity contribution < 1.29 is 27.9 Å². The van der Waals surface area contributed by atoms with Gasteiger partial charge in [0.15, 0.2) is 0 Å². The molecular weight excluding hydrogens is 544 g/mol. The Hall–Kier alpha value is -4.09. The number of amides is 3. The predicted octanol–water partition coefficient (Wildman–Crippen LogP) is 4.18. The third-order valence-electron chi connectivity index (χ3n) is 7.07. The summed E-state index contributed by atoms with van der Waals surface area (Å²) in [6.45, 7) is 5.76. The van der Waals surface area contributed by atoms with E-state index in [4.69, 9.17) is 4.74 Å². The van der Waals surface area contributed by atoms with Crippen LogP contribution < -0.4 is 14.8 Å². The Kier molecular flexibility index (Phi) is 9.19. The number of ether oxygens (including phenoxy) is 1. The molecule has 0 saturated heterocycles. The van der Waals surface area contributed by atoms with E-state index in [1.165, 1.54) is 29.2 Å². The van der Waals surface area contributed by atoms with Crippen LogP contribution >= 0.6 is 0 Å². The number of aryl methyl sites for hydroxylation is 1. The number of benzene rings is 3. The third kappa shape index (κ3) is 7.17. The van der Waals surface area contributed by atoms with Crippen molar-refractivity contribution in [2.45, 2.75) is 37.8 Å². The van der Waals surface area contributed by atoms with Gasteiger partial charge in [0, 0.05) is 30.9 Å². The monoisotopic (exact) mass is 580 g/mol. The summed E-state index contributed by atoms with van der Waals surface area (Å²) in [5.74, 6) is -0.331. The van der Waals surface area contributed by atoms with Crippen molar-refractivity contribution in [1.82, 2.24) is 9.80 Å². The van der Waals surface area contributed by atoms with E-state index in [1.807, 2.05) is 32.0 Å². The van der Waals surface area contributed by atoms with Crippen LogP contribution in [0, 0.1) is 12.8 Å². The fraction of sp³-hybridized carbons (Fsp3) is 0.333. The fourth-order valence-electron chi connectivity index (χ4n) is 4.53. The quantitative estimate of drug-likeness (QED) is 0.367. The van der Waals surface area contributed by atoms with Gasteiger partial charge in [0.25, 0.3) is 15.9 Å². The average molecular weight is 581 g/mol. The minimum Gasteiger partial charge on any atom is -0.487 e. The van der Waals surface area contributed by atoms with Crippen LogP contribution in [-0.2, 0) is 10.0 Å². The first kappa shape index (κ1) is 29.9. The first-order chi connectivity index (χ1) is 19.5. The van der Waals surface area contributed by atoms with Crippen molar-refractivity contribution in [3.63, 3.8) is 0 Å².